The molecule has 0 fully saturated rings. The molecule has 0 saturated carbocycles. The van der Waals surface area contributed by atoms with E-state index >= 15 is 0 Å². The van der Waals surface area contributed by atoms with Gasteiger partial charge in [0.05, 0.1) is 23.3 Å². The zero-order valence-electron chi connectivity index (χ0n) is 8.94. The van der Waals surface area contributed by atoms with Crippen LogP contribution in [0.1, 0.15) is 18.4 Å². The molecule has 5 heteroatoms. The average Bonchev–Trinajstić information content (AvgIpc) is 2.58. The van der Waals surface area contributed by atoms with Gasteiger partial charge in [-0.25, -0.2) is 4.98 Å². The van der Waals surface area contributed by atoms with Gasteiger partial charge in [-0.05, 0) is 24.6 Å². The molecule has 1 N–H and O–H groups in total. The van der Waals surface area contributed by atoms with Crippen molar-refractivity contribution in [1.29, 1.82) is 0 Å². The van der Waals surface area contributed by atoms with E-state index in [2.05, 4.69) is 4.98 Å². The van der Waals surface area contributed by atoms with Crippen LogP contribution < -0.4 is 0 Å². The molecule has 0 aliphatic rings. The van der Waals surface area contributed by atoms with Crippen LogP contribution in [0.3, 0.4) is 0 Å². The second kappa shape index (κ2) is 3.79. The van der Waals surface area contributed by atoms with Gasteiger partial charge in [0.1, 0.15) is 0 Å². The number of hydrogen-bond acceptors (Lipinski definition) is 2. The number of carbonyl (C=O) groups is 1. The third kappa shape index (κ3) is 1.65. The van der Waals surface area contributed by atoms with Crippen molar-refractivity contribution in [3.8, 4) is 0 Å². The zero-order chi connectivity index (χ0) is 11.9. The van der Waals surface area contributed by atoms with Crippen molar-refractivity contribution < 1.29 is 9.90 Å². The quantitative estimate of drug-likeness (QED) is 0.874. The van der Waals surface area contributed by atoms with Crippen molar-refractivity contribution in [2.75, 3.05) is 0 Å². The molecule has 0 spiro atoms. The number of imidazole rings is 1. The van der Waals surface area contributed by atoms with Crippen LogP contribution in [-0.2, 0) is 11.8 Å². The Balaban J connectivity index is 2.63. The molecule has 1 aromatic carbocycles. The van der Waals surface area contributed by atoms with Gasteiger partial charge in [-0.15, -0.1) is 0 Å². The standard InChI is InChI=1S/C11H11ClN2O2/c1-6(11(15)16)7-3-9-10(4-8(7)12)14(2)5-13-9/h3-6H,1-2H3,(H,15,16). The Kier molecular flexibility index (Phi) is 2.59. The highest BCUT2D eigenvalue weighted by Crippen LogP contribution is 2.28. The maximum atomic E-state index is 10.9. The number of halogens is 1. The molecule has 1 heterocycles. The number of carboxylic acid groups (broad SMARTS) is 1. The number of nitrogens with zero attached hydrogens (tertiary/aromatic N) is 2. The molecule has 16 heavy (non-hydrogen) atoms. The van der Waals surface area contributed by atoms with Crippen LogP contribution in [0.15, 0.2) is 18.5 Å². The van der Waals surface area contributed by atoms with E-state index in [4.69, 9.17) is 16.7 Å². The van der Waals surface area contributed by atoms with Gasteiger partial charge in [0.25, 0.3) is 0 Å². The SMILES string of the molecule is CC(C(=O)O)c1cc2ncn(C)c2cc1Cl. The van der Waals surface area contributed by atoms with E-state index in [1.54, 1.807) is 25.4 Å². The molecular weight excluding hydrogens is 228 g/mol. The second-order valence-electron chi connectivity index (χ2n) is 3.78. The van der Waals surface area contributed by atoms with Gasteiger partial charge in [-0.1, -0.05) is 11.6 Å². The second-order valence-corrected chi connectivity index (χ2v) is 4.19. The summed E-state index contributed by atoms with van der Waals surface area (Å²) in [5.74, 6) is -1.52. The largest absolute Gasteiger partial charge is 0.481 e. The summed E-state index contributed by atoms with van der Waals surface area (Å²) in [5.41, 5.74) is 2.25. The number of carboxylic acids is 1. The summed E-state index contributed by atoms with van der Waals surface area (Å²) in [7, 11) is 1.87. The fourth-order valence-electron chi connectivity index (χ4n) is 1.63. The van der Waals surface area contributed by atoms with Crippen molar-refractivity contribution in [3.63, 3.8) is 0 Å². The number of aromatic nitrogens is 2. The molecule has 1 aromatic heterocycles. The minimum atomic E-state index is -0.891. The van der Waals surface area contributed by atoms with E-state index in [1.165, 1.54) is 0 Å². The fraction of sp³-hybridized carbons (Fsp3) is 0.273. The lowest BCUT2D eigenvalue weighted by Gasteiger charge is -2.09. The lowest BCUT2D eigenvalue weighted by atomic mass is 10.0. The predicted octanol–water partition coefficient (Wildman–Crippen LogP) is 2.41. The minimum Gasteiger partial charge on any atom is -0.481 e. The molecular formula is C11H11ClN2O2. The maximum Gasteiger partial charge on any atom is 0.310 e. The molecule has 2 rings (SSSR count). The molecule has 2 aromatic rings. The van der Waals surface area contributed by atoms with Crippen LogP contribution in [0.25, 0.3) is 11.0 Å². The van der Waals surface area contributed by atoms with Gasteiger partial charge in [-0.2, -0.15) is 0 Å². The van der Waals surface area contributed by atoms with Gasteiger partial charge in [0.15, 0.2) is 0 Å². The molecule has 0 radical (unpaired) electrons. The zero-order valence-corrected chi connectivity index (χ0v) is 9.69. The molecule has 0 saturated heterocycles. The Morgan fingerprint density at radius 1 is 1.56 bits per heavy atom. The van der Waals surface area contributed by atoms with Gasteiger partial charge in [0, 0.05) is 12.1 Å². The Morgan fingerprint density at radius 2 is 2.25 bits per heavy atom. The number of hydrogen-bond donors (Lipinski definition) is 1. The van der Waals surface area contributed by atoms with Crippen molar-refractivity contribution >= 4 is 28.6 Å². The highest BCUT2D eigenvalue weighted by Gasteiger charge is 2.18. The molecule has 0 amide bonds. The van der Waals surface area contributed by atoms with Crippen LogP contribution >= 0.6 is 11.6 Å². The van der Waals surface area contributed by atoms with Gasteiger partial charge >= 0.3 is 5.97 Å². The summed E-state index contributed by atoms with van der Waals surface area (Å²) in [4.78, 5) is 15.1. The number of fused-ring (bicyclic) bond motifs is 1. The van der Waals surface area contributed by atoms with Crippen molar-refractivity contribution in [2.24, 2.45) is 7.05 Å². The topological polar surface area (TPSA) is 55.1 Å². The van der Waals surface area contributed by atoms with E-state index < -0.39 is 11.9 Å². The Labute approximate surface area is 97.5 Å². The predicted molar refractivity (Wildman–Crippen MR) is 61.8 cm³/mol. The monoisotopic (exact) mass is 238 g/mol. The summed E-state index contributed by atoms with van der Waals surface area (Å²) in [6, 6.07) is 3.48. The van der Waals surface area contributed by atoms with E-state index in [0.29, 0.717) is 10.6 Å². The van der Waals surface area contributed by atoms with Crippen LogP contribution in [0.4, 0.5) is 0 Å². The van der Waals surface area contributed by atoms with E-state index in [1.807, 2.05) is 11.6 Å². The number of rotatable bonds is 2. The normalized spacial score (nSPS) is 12.9. The fourth-order valence-corrected chi connectivity index (χ4v) is 1.95. The first kappa shape index (κ1) is 11.0. The summed E-state index contributed by atoms with van der Waals surface area (Å²) >= 11 is 6.07. The molecule has 0 aliphatic carbocycles. The average molecular weight is 239 g/mol. The van der Waals surface area contributed by atoms with E-state index in [9.17, 15) is 4.79 Å². The molecule has 0 bridgehead atoms. The first-order chi connectivity index (χ1) is 7.50. The van der Waals surface area contributed by atoms with E-state index in [0.717, 1.165) is 11.0 Å². The highest BCUT2D eigenvalue weighted by molar-refractivity contribution is 6.32. The first-order valence-corrected chi connectivity index (χ1v) is 5.21. The molecule has 1 atom stereocenters. The van der Waals surface area contributed by atoms with E-state index in [-0.39, 0.29) is 0 Å². The Bertz CT molecular complexity index is 562. The third-order valence-corrected chi connectivity index (χ3v) is 3.01. The summed E-state index contributed by atoms with van der Waals surface area (Å²) in [6.07, 6.45) is 1.68. The summed E-state index contributed by atoms with van der Waals surface area (Å²) in [6.45, 7) is 1.61. The minimum absolute atomic E-state index is 0.464. The Hall–Kier alpha value is -1.55. The van der Waals surface area contributed by atoms with Crippen molar-refractivity contribution in [3.05, 3.63) is 29.0 Å². The Morgan fingerprint density at radius 3 is 2.88 bits per heavy atom. The lowest BCUT2D eigenvalue weighted by Crippen LogP contribution is -2.08. The number of aliphatic carboxylic acids is 1. The number of aryl methyl sites for hydroxylation is 1. The van der Waals surface area contributed by atoms with Crippen LogP contribution in [0.2, 0.25) is 5.02 Å². The number of benzene rings is 1. The van der Waals surface area contributed by atoms with Crippen LogP contribution in [-0.4, -0.2) is 20.6 Å². The highest BCUT2D eigenvalue weighted by atomic mass is 35.5. The van der Waals surface area contributed by atoms with Crippen molar-refractivity contribution in [2.45, 2.75) is 12.8 Å². The molecule has 4 nitrogen and oxygen atoms in total. The van der Waals surface area contributed by atoms with Crippen LogP contribution in [0, 0.1) is 0 Å². The summed E-state index contributed by atoms with van der Waals surface area (Å²) in [5, 5.41) is 9.42. The smallest absolute Gasteiger partial charge is 0.310 e. The molecule has 1 unspecified atom stereocenters. The first-order valence-electron chi connectivity index (χ1n) is 4.84. The molecule has 84 valence electrons. The van der Waals surface area contributed by atoms with Crippen LogP contribution in [0.5, 0.6) is 0 Å². The molecule has 0 aliphatic heterocycles. The van der Waals surface area contributed by atoms with Crippen molar-refractivity contribution in [1.82, 2.24) is 9.55 Å². The van der Waals surface area contributed by atoms with Gasteiger partial charge < -0.3 is 9.67 Å². The maximum absolute atomic E-state index is 10.9. The lowest BCUT2D eigenvalue weighted by molar-refractivity contribution is -0.138. The van der Waals surface area contributed by atoms with Gasteiger partial charge in [0.2, 0.25) is 0 Å². The summed E-state index contributed by atoms with van der Waals surface area (Å²) < 4.78 is 1.84. The van der Waals surface area contributed by atoms with Gasteiger partial charge in [-0.3, -0.25) is 4.79 Å². The third-order valence-electron chi connectivity index (χ3n) is 2.68.